The second-order valence-electron chi connectivity index (χ2n) is 5.58. The predicted molar refractivity (Wildman–Crippen MR) is 69.1 cm³/mol. The van der Waals surface area contributed by atoms with Crippen molar-refractivity contribution in [2.45, 2.75) is 62.8 Å². The quantitative estimate of drug-likeness (QED) is 0.493. The molecule has 106 valence electrons. The van der Waals surface area contributed by atoms with Gasteiger partial charge in [-0.1, -0.05) is 12.8 Å². The van der Waals surface area contributed by atoms with Crippen LogP contribution in [0.5, 0.6) is 0 Å². The Morgan fingerprint density at radius 3 is 1.50 bits per heavy atom. The van der Waals surface area contributed by atoms with Gasteiger partial charge in [0.25, 0.3) is 0 Å². The van der Waals surface area contributed by atoms with Crippen LogP contribution in [0.1, 0.15) is 38.5 Å². The third-order valence-corrected chi connectivity index (χ3v) is 4.32. The Morgan fingerprint density at radius 1 is 0.778 bits per heavy atom. The van der Waals surface area contributed by atoms with Crippen molar-refractivity contribution in [1.82, 2.24) is 10.0 Å². The highest BCUT2D eigenvalue weighted by Crippen LogP contribution is 2.24. The Hall–Kier alpha value is -0.240. The summed E-state index contributed by atoms with van der Waals surface area (Å²) in [6, 6.07) is -0.298. The number of hydrogen-bond acceptors (Lipinski definition) is 6. The molecule has 18 heavy (non-hydrogen) atoms. The minimum Gasteiger partial charge on any atom is -0.389 e. The van der Waals surface area contributed by atoms with Crippen molar-refractivity contribution in [3.8, 4) is 0 Å². The minimum absolute atomic E-state index is 0.149. The van der Waals surface area contributed by atoms with E-state index in [9.17, 15) is 10.2 Å². The molecular weight excluding hydrogens is 232 g/mol. The lowest BCUT2D eigenvalue weighted by Crippen LogP contribution is -2.60. The molecule has 6 heteroatoms. The van der Waals surface area contributed by atoms with Crippen LogP contribution < -0.4 is 11.7 Å². The van der Waals surface area contributed by atoms with Crippen LogP contribution in [0.2, 0.25) is 0 Å². The summed E-state index contributed by atoms with van der Waals surface area (Å²) in [5.74, 6) is 11.8. The minimum atomic E-state index is -0.815. The first-order chi connectivity index (χ1) is 8.61. The van der Waals surface area contributed by atoms with Gasteiger partial charge >= 0.3 is 0 Å². The molecule has 0 aromatic rings. The van der Waals surface area contributed by atoms with Crippen molar-refractivity contribution in [2.24, 2.45) is 11.7 Å². The summed E-state index contributed by atoms with van der Waals surface area (Å²) >= 11 is 0. The summed E-state index contributed by atoms with van der Waals surface area (Å²) in [6.07, 6.45) is 4.27. The average Bonchev–Trinajstić information content (AvgIpc) is 2.38. The molecule has 2 heterocycles. The van der Waals surface area contributed by atoms with Crippen molar-refractivity contribution in [2.75, 3.05) is 13.1 Å². The third-order valence-electron chi connectivity index (χ3n) is 4.32. The van der Waals surface area contributed by atoms with Crippen LogP contribution in [0, 0.1) is 0 Å². The average molecular weight is 258 g/mol. The molecule has 6 N–H and O–H groups in total. The van der Waals surface area contributed by atoms with Gasteiger partial charge in [0.05, 0.1) is 24.3 Å². The molecule has 2 fully saturated rings. The summed E-state index contributed by atoms with van der Waals surface area (Å²) < 4.78 is 0. The fourth-order valence-corrected chi connectivity index (χ4v) is 3.15. The standard InChI is InChI=1S/C12H26N4O2/c13-15-7-3-1-5-9(15)11(17)12(18)10-6-2-4-8-16(10)14/h9-12,17-18H,1-8,13-14H2/t9-,10-,11?,12?/m0/s1. The number of nitrogens with two attached hydrogens (primary N) is 2. The molecule has 2 rings (SSSR count). The number of hydrogen-bond donors (Lipinski definition) is 4. The molecule has 2 saturated heterocycles. The van der Waals surface area contributed by atoms with Gasteiger partial charge in [-0.05, 0) is 25.7 Å². The van der Waals surface area contributed by atoms with Crippen LogP contribution in [-0.4, -0.2) is 57.6 Å². The molecule has 2 aliphatic heterocycles. The van der Waals surface area contributed by atoms with Gasteiger partial charge in [0.1, 0.15) is 0 Å². The molecule has 0 aliphatic carbocycles. The monoisotopic (exact) mass is 258 g/mol. The summed E-state index contributed by atoms with van der Waals surface area (Å²) in [7, 11) is 0. The summed E-state index contributed by atoms with van der Waals surface area (Å²) in [5.41, 5.74) is 0. The highest BCUT2D eigenvalue weighted by atomic mass is 16.3. The molecule has 6 nitrogen and oxygen atoms in total. The van der Waals surface area contributed by atoms with E-state index in [4.69, 9.17) is 11.7 Å². The van der Waals surface area contributed by atoms with Crippen molar-refractivity contribution in [3.63, 3.8) is 0 Å². The van der Waals surface area contributed by atoms with E-state index in [2.05, 4.69) is 0 Å². The zero-order valence-corrected chi connectivity index (χ0v) is 10.9. The number of aliphatic hydroxyl groups excluding tert-OH is 2. The van der Waals surface area contributed by atoms with Crippen molar-refractivity contribution < 1.29 is 10.2 Å². The van der Waals surface area contributed by atoms with Crippen LogP contribution in [0.3, 0.4) is 0 Å². The highest BCUT2D eigenvalue weighted by molar-refractivity contribution is 4.91. The van der Waals surface area contributed by atoms with Crippen molar-refractivity contribution in [3.05, 3.63) is 0 Å². The van der Waals surface area contributed by atoms with Gasteiger partial charge in [-0.25, -0.2) is 10.0 Å². The van der Waals surface area contributed by atoms with Gasteiger partial charge < -0.3 is 10.2 Å². The predicted octanol–water partition coefficient (Wildman–Crippen LogP) is -0.835. The second kappa shape index (κ2) is 6.27. The molecule has 2 unspecified atom stereocenters. The van der Waals surface area contributed by atoms with E-state index in [1.54, 1.807) is 10.0 Å². The van der Waals surface area contributed by atoms with Gasteiger partial charge in [-0.3, -0.25) is 11.7 Å². The smallest absolute Gasteiger partial charge is 0.0983 e. The molecule has 0 aromatic carbocycles. The SMILES string of the molecule is NN1CCCC[C@H]1C(O)C(O)[C@@H]1CCCCN1N. The zero-order chi connectivity index (χ0) is 13.1. The summed E-state index contributed by atoms with van der Waals surface area (Å²) in [4.78, 5) is 0. The van der Waals surface area contributed by atoms with Crippen LogP contribution in [-0.2, 0) is 0 Å². The second-order valence-corrected chi connectivity index (χ2v) is 5.58. The molecule has 0 spiro atoms. The van der Waals surface area contributed by atoms with Crippen molar-refractivity contribution >= 4 is 0 Å². The van der Waals surface area contributed by atoms with E-state index in [0.29, 0.717) is 0 Å². The summed E-state index contributed by atoms with van der Waals surface area (Å²) in [5, 5.41) is 24.0. The lowest BCUT2D eigenvalue weighted by Gasteiger charge is -2.42. The molecule has 0 amide bonds. The van der Waals surface area contributed by atoms with Gasteiger partial charge in [-0.2, -0.15) is 0 Å². The third kappa shape index (κ3) is 3.01. The molecule has 0 radical (unpaired) electrons. The van der Waals surface area contributed by atoms with Crippen LogP contribution in [0.15, 0.2) is 0 Å². The van der Waals surface area contributed by atoms with E-state index in [-0.39, 0.29) is 12.1 Å². The van der Waals surface area contributed by atoms with Crippen LogP contribution >= 0.6 is 0 Å². The Labute approximate surface area is 108 Å². The van der Waals surface area contributed by atoms with E-state index >= 15 is 0 Å². The van der Waals surface area contributed by atoms with E-state index in [1.807, 2.05) is 0 Å². The fraction of sp³-hybridized carbons (Fsp3) is 1.00. The Balaban J connectivity index is 1.96. The fourth-order valence-electron chi connectivity index (χ4n) is 3.15. The van der Waals surface area contributed by atoms with Crippen LogP contribution in [0.25, 0.3) is 0 Å². The van der Waals surface area contributed by atoms with Crippen molar-refractivity contribution in [1.29, 1.82) is 0 Å². The molecule has 2 aliphatic rings. The van der Waals surface area contributed by atoms with E-state index in [1.165, 1.54) is 0 Å². The van der Waals surface area contributed by atoms with Crippen LogP contribution in [0.4, 0.5) is 0 Å². The Morgan fingerprint density at radius 2 is 1.17 bits per heavy atom. The first kappa shape index (κ1) is 14.2. The number of nitrogens with zero attached hydrogens (tertiary/aromatic N) is 2. The van der Waals surface area contributed by atoms with E-state index in [0.717, 1.165) is 51.6 Å². The first-order valence-electron chi connectivity index (χ1n) is 7.00. The largest absolute Gasteiger partial charge is 0.389 e. The van der Waals surface area contributed by atoms with Gasteiger partial charge in [0.15, 0.2) is 0 Å². The molecule has 0 aromatic heterocycles. The maximum atomic E-state index is 10.3. The molecule has 0 bridgehead atoms. The van der Waals surface area contributed by atoms with Gasteiger partial charge in [0.2, 0.25) is 0 Å². The summed E-state index contributed by atoms with van der Waals surface area (Å²) in [6.45, 7) is 1.57. The number of hydrazine groups is 2. The maximum Gasteiger partial charge on any atom is 0.0983 e. The number of aliphatic hydroxyl groups is 2. The molecule has 0 saturated carbocycles. The molecular formula is C12H26N4O2. The topological polar surface area (TPSA) is 99.0 Å². The Kier molecular flexibility index (Phi) is 4.94. The Bertz CT molecular complexity index is 240. The maximum absolute atomic E-state index is 10.3. The zero-order valence-electron chi connectivity index (χ0n) is 10.9. The van der Waals surface area contributed by atoms with Gasteiger partial charge in [0, 0.05) is 13.1 Å². The molecule has 4 atom stereocenters. The number of piperidine rings is 2. The lowest BCUT2D eigenvalue weighted by atomic mass is 9.89. The first-order valence-corrected chi connectivity index (χ1v) is 7.00. The lowest BCUT2D eigenvalue weighted by molar-refractivity contribution is -0.0909. The number of rotatable bonds is 3. The van der Waals surface area contributed by atoms with Gasteiger partial charge in [-0.15, -0.1) is 0 Å². The normalized spacial score (nSPS) is 35.3. The van der Waals surface area contributed by atoms with E-state index < -0.39 is 12.2 Å². The highest BCUT2D eigenvalue weighted by Gasteiger charge is 2.38.